The van der Waals surface area contributed by atoms with Crippen LogP contribution >= 0.6 is 0 Å². The molecule has 0 bridgehead atoms. The van der Waals surface area contributed by atoms with Gasteiger partial charge < -0.3 is 15.0 Å². The number of imidazole rings is 1. The smallest absolute Gasteiger partial charge is 0.475 e. The number of aryl methyl sites for hydroxylation is 1. The highest BCUT2D eigenvalue weighted by Gasteiger charge is 2.38. The van der Waals surface area contributed by atoms with E-state index in [4.69, 9.17) is 9.90 Å². The predicted octanol–water partition coefficient (Wildman–Crippen LogP) is 2.50. The van der Waals surface area contributed by atoms with E-state index in [1.165, 1.54) is 0 Å². The Labute approximate surface area is 151 Å². The Bertz CT molecular complexity index is 948. The number of nitrogens with zero attached hydrogens (tertiary/aromatic N) is 3. The molecule has 0 aliphatic rings. The van der Waals surface area contributed by atoms with Gasteiger partial charge >= 0.3 is 12.1 Å². The van der Waals surface area contributed by atoms with Gasteiger partial charge in [-0.05, 0) is 13.0 Å². The van der Waals surface area contributed by atoms with E-state index in [0.717, 1.165) is 22.4 Å². The third kappa shape index (κ3) is 5.06. The quantitative estimate of drug-likeness (QED) is 0.643. The van der Waals surface area contributed by atoms with Gasteiger partial charge in [0.25, 0.3) is 5.91 Å². The van der Waals surface area contributed by atoms with Crippen molar-refractivity contribution in [2.24, 2.45) is 0 Å². The van der Waals surface area contributed by atoms with Crippen molar-refractivity contribution >= 4 is 22.8 Å². The molecule has 0 unspecified atom stereocenters. The first kappa shape index (κ1) is 19.9. The van der Waals surface area contributed by atoms with E-state index in [9.17, 15) is 18.0 Å². The summed E-state index contributed by atoms with van der Waals surface area (Å²) in [5.74, 6) is -2.12. The Morgan fingerprint density at radius 1 is 1.26 bits per heavy atom. The molecule has 0 aliphatic heterocycles. The number of aromatic nitrogens is 4. The molecule has 144 valence electrons. The van der Waals surface area contributed by atoms with Crippen molar-refractivity contribution in [2.75, 3.05) is 7.05 Å². The van der Waals surface area contributed by atoms with Crippen LogP contribution in [0.5, 0.6) is 0 Å². The second-order valence-electron chi connectivity index (χ2n) is 5.59. The van der Waals surface area contributed by atoms with Crippen molar-refractivity contribution in [1.82, 2.24) is 25.1 Å². The number of halogens is 3. The minimum absolute atomic E-state index is 0.128. The summed E-state index contributed by atoms with van der Waals surface area (Å²) in [7, 11) is 1.74. The van der Waals surface area contributed by atoms with Crippen LogP contribution in [0.25, 0.3) is 10.9 Å². The van der Waals surface area contributed by atoms with E-state index in [2.05, 4.69) is 20.2 Å². The van der Waals surface area contributed by atoms with Gasteiger partial charge in [-0.25, -0.2) is 9.78 Å². The molecule has 27 heavy (non-hydrogen) atoms. The number of carbonyl (C=O) groups excluding carboxylic acids is 1. The van der Waals surface area contributed by atoms with Gasteiger partial charge in [0, 0.05) is 24.3 Å². The van der Waals surface area contributed by atoms with Crippen molar-refractivity contribution in [1.29, 1.82) is 0 Å². The molecule has 1 amide bonds. The van der Waals surface area contributed by atoms with Crippen LogP contribution in [0.1, 0.15) is 22.0 Å². The first-order chi connectivity index (χ1) is 12.6. The number of hydrogen-bond donors (Lipinski definition) is 3. The number of H-pyrrole nitrogens is 2. The number of aromatic amines is 2. The first-order valence-corrected chi connectivity index (χ1v) is 7.58. The van der Waals surface area contributed by atoms with Crippen LogP contribution in [-0.4, -0.2) is 55.3 Å². The largest absolute Gasteiger partial charge is 0.490 e. The van der Waals surface area contributed by atoms with Crippen LogP contribution in [0.15, 0.2) is 30.5 Å². The maximum Gasteiger partial charge on any atom is 0.490 e. The number of amides is 1. The number of nitrogens with one attached hydrogen (secondary N) is 2. The lowest BCUT2D eigenvalue weighted by Crippen LogP contribution is -2.27. The highest BCUT2D eigenvalue weighted by atomic mass is 19.4. The third-order valence-electron chi connectivity index (χ3n) is 3.40. The summed E-state index contributed by atoms with van der Waals surface area (Å²) in [6, 6.07) is 7.58. The van der Waals surface area contributed by atoms with Gasteiger partial charge in [0.1, 0.15) is 5.82 Å². The summed E-state index contributed by atoms with van der Waals surface area (Å²) in [6.45, 7) is 2.35. The van der Waals surface area contributed by atoms with Crippen LogP contribution in [-0.2, 0) is 11.3 Å². The second kappa shape index (κ2) is 7.89. The molecule has 8 nitrogen and oxygen atoms in total. The number of rotatable bonds is 3. The number of para-hydroxylation sites is 1. The van der Waals surface area contributed by atoms with E-state index >= 15 is 0 Å². The maximum absolute atomic E-state index is 12.4. The van der Waals surface area contributed by atoms with Gasteiger partial charge in [-0.15, -0.1) is 0 Å². The molecule has 3 rings (SSSR count). The van der Waals surface area contributed by atoms with Gasteiger partial charge in [-0.3, -0.25) is 9.89 Å². The number of benzene rings is 1. The minimum Gasteiger partial charge on any atom is -0.475 e. The van der Waals surface area contributed by atoms with Crippen molar-refractivity contribution in [3.05, 3.63) is 47.7 Å². The predicted molar refractivity (Wildman–Crippen MR) is 88.9 cm³/mol. The summed E-state index contributed by atoms with van der Waals surface area (Å²) < 4.78 is 31.7. The zero-order valence-electron chi connectivity index (χ0n) is 14.3. The molecule has 0 fully saturated rings. The lowest BCUT2D eigenvalue weighted by molar-refractivity contribution is -0.192. The zero-order valence-corrected chi connectivity index (χ0v) is 14.3. The molecule has 0 spiro atoms. The summed E-state index contributed by atoms with van der Waals surface area (Å²) >= 11 is 0. The number of carbonyl (C=O) groups is 2. The van der Waals surface area contributed by atoms with Crippen LogP contribution in [0, 0.1) is 6.92 Å². The van der Waals surface area contributed by atoms with E-state index in [-0.39, 0.29) is 5.91 Å². The second-order valence-corrected chi connectivity index (χ2v) is 5.59. The number of alkyl halides is 3. The SMILES string of the molecule is Cc1cnc(CN(C)C(=O)c2n[nH]c3ccccc23)[nH]1.O=C(O)C(F)(F)F. The Balaban J connectivity index is 0.000000321. The summed E-state index contributed by atoms with van der Waals surface area (Å²) in [6.07, 6.45) is -3.34. The summed E-state index contributed by atoms with van der Waals surface area (Å²) in [5.41, 5.74) is 2.27. The molecule has 3 N–H and O–H groups in total. The molecule has 0 aliphatic carbocycles. The number of carboxylic acids is 1. The van der Waals surface area contributed by atoms with Crippen molar-refractivity contribution in [3.63, 3.8) is 0 Å². The average molecular weight is 383 g/mol. The van der Waals surface area contributed by atoms with Crippen molar-refractivity contribution in [2.45, 2.75) is 19.6 Å². The Hall–Kier alpha value is -3.37. The standard InChI is InChI=1S/C14H15N5O.C2HF3O2/c1-9-7-15-12(16-9)8-19(2)14(20)13-10-5-3-4-6-11(10)17-18-13;3-2(4,5)1(6)7/h3-7H,8H2,1-2H3,(H,15,16)(H,17,18);(H,6,7). The lowest BCUT2D eigenvalue weighted by atomic mass is 10.2. The van der Waals surface area contributed by atoms with Crippen molar-refractivity contribution < 1.29 is 27.9 Å². The van der Waals surface area contributed by atoms with E-state index in [0.29, 0.717) is 12.2 Å². The van der Waals surface area contributed by atoms with Crippen LogP contribution < -0.4 is 0 Å². The molecule has 2 aromatic heterocycles. The highest BCUT2D eigenvalue weighted by molar-refractivity contribution is 6.04. The van der Waals surface area contributed by atoms with Gasteiger partial charge in [-0.1, -0.05) is 18.2 Å². The number of fused-ring (bicyclic) bond motifs is 1. The average Bonchev–Trinajstić information content (AvgIpc) is 3.20. The van der Waals surface area contributed by atoms with Gasteiger partial charge in [0.15, 0.2) is 5.69 Å². The van der Waals surface area contributed by atoms with Crippen LogP contribution in [0.3, 0.4) is 0 Å². The molecule has 2 heterocycles. The molecule has 0 saturated carbocycles. The molecule has 1 aromatic carbocycles. The fourth-order valence-electron chi connectivity index (χ4n) is 2.15. The number of carboxylic acid groups (broad SMARTS) is 1. The Morgan fingerprint density at radius 2 is 1.89 bits per heavy atom. The highest BCUT2D eigenvalue weighted by Crippen LogP contribution is 2.17. The summed E-state index contributed by atoms with van der Waals surface area (Å²) in [4.78, 5) is 30.2. The Morgan fingerprint density at radius 3 is 2.44 bits per heavy atom. The summed E-state index contributed by atoms with van der Waals surface area (Å²) in [5, 5.41) is 14.9. The number of aliphatic carboxylic acids is 1. The van der Waals surface area contributed by atoms with Crippen LogP contribution in [0.4, 0.5) is 13.2 Å². The van der Waals surface area contributed by atoms with E-state index < -0.39 is 12.1 Å². The fourth-order valence-corrected chi connectivity index (χ4v) is 2.15. The molecular formula is C16H16F3N5O3. The Kier molecular flexibility index (Phi) is 5.83. The number of hydrogen-bond acceptors (Lipinski definition) is 4. The van der Waals surface area contributed by atoms with Gasteiger partial charge in [-0.2, -0.15) is 18.3 Å². The minimum atomic E-state index is -5.08. The van der Waals surface area contributed by atoms with Gasteiger partial charge in [0.05, 0.1) is 12.1 Å². The van der Waals surface area contributed by atoms with Crippen LogP contribution in [0.2, 0.25) is 0 Å². The third-order valence-corrected chi connectivity index (χ3v) is 3.40. The molecular weight excluding hydrogens is 367 g/mol. The normalized spacial score (nSPS) is 11.0. The molecule has 0 atom stereocenters. The zero-order chi connectivity index (χ0) is 20.2. The molecule has 0 saturated heterocycles. The first-order valence-electron chi connectivity index (χ1n) is 7.58. The van der Waals surface area contributed by atoms with Crippen molar-refractivity contribution in [3.8, 4) is 0 Å². The molecule has 11 heteroatoms. The fraction of sp³-hybridized carbons (Fsp3) is 0.250. The monoisotopic (exact) mass is 383 g/mol. The molecule has 0 radical (unpaired) electrons. The lowest BCUT2D eigenvalue weighted by Gasteiger charge is -2.14. The topological polar surface area (TPSA) is 115 Å². The van der Waals surface area contributed by atoms with E-state index in [1.807, 2.05) is 31.2 Å². The van der Waals surface area contributed by atoms with Gasteiger partial charge in [0.2, 0.25) is 0 Å². The molecule has 3 aromatic rings. The maximum atomic E-state index is 12.4. The van der Waals surface area contributed by atoms with E-state index in [1.54, 1.807) is 18.1 Å².